The van der Waals surface area contributed by atoms with E-state index in [1.54, 1.807) is 0 Å². The Labute approximate surface area is 107 Å². The number of para-hydroxylation sites is 1. The maximum absolute atomic E-state index is 5.90. The number of hydrogen-bond donors (Lipinski definition) is 2. The second-order valence-electron chi connectivity index (χ2n) is 3.85. The van der Waals surface area contributed by atoms with Gasteiger partial charge in [0.1, 0.15) is 5.69 Å². The third-order valence-corrected chi connectivity index (χ3v) is 3.22. The molecular formula is C13H10BrN3. The lowest BCUT2D eigenvalue weighted by atomic mass is 10.1. The minimum absolute atomic E-state index is 0.719. The second kappa shape index (κ2) is 3.89. The lowest BCUT2D eigenvalue weighted by Gasteiger charge is -1.99. The molecule has 3 nitrogen and oxygen atoms in total. The Morgan fingerprint density at radius 1 is 1.12 bits per heavy atom. The van der Waals surface area contributed by atoms with Gasteiger partial charge in [0.25, 0.3) is 0 Å². The first-order valence-corrected chi connectivity index (χ1v) is 6.03. The van der Waals surface area contributed by atoms with E-state index in [2.05, 4.69) is 26.1 Å². The highest BCUT2D eigenvalue weighted by Crippen LogP contribution is 2.30. The maximum atomic E-state index is 5.90. The van der Waals surface area contributed by atoms with Crippen LogP contribution in [-0.4, -0.2) is 10.2 Å². The van der Waals surface area contributed by atoms with Gasteiger partial charge >= 0.3 is 0 Å². The Hall–Kier alpha value is -1.81. The van der Waals surface area contributed by atoms with Crippen LogP contribution in [0.5, 0.6) is 0 Å². The van der Waals surface area contributed by atoms with Crippen LogP contribution in [-0.2, 0) is 0 Å². The molecule has 0 aliphatic carbocycles. The van der Waals surface area contributed by atoms with E-state index in [0.717, 1.165) is 32.3 Å². The number of nitrogens with one attached hydrogen (secondary N) is 1. The fourth-order valence-corrected chi connectivity index (χ4v) is 2.32. The molecule has 0 aliphatic heterocycles. The van der Waals surface area contributed by atoms with Crippen LogP contribution >= 0.6 is 15.9 Å². The first-order chi connectivity index (χ1) is 8.25. The van der Waals surface area contributed by atoms with Crippen LogP contribution in [0.15, 0.2) is 46.9 Å². The molecule has 0 fully saturated rings. The number of anilines is 1. The number of halogens is 1. The highest BCUT2D eigenvalue weighted by molar-refractivity contribution is 9.10. The lowest BCUT2D eigenvalue weighted by Crippen LogP contribution is -1.84. The minimum atomic E-state index is 0.719. The van der Waals surface area contributed by atoms with Crippen molar-refractivity contribution in [3.05, 3.63) is 46.9 Å². The van der Waals surface area contributed by atoms with Crippen molar-refractivity contribution in [1.82, 2.24) is 10.2 Å². The zero-order valence-corrected chi connectivity index (χ0v) is 10.5. The molecule has 0 spiro atoms. The van der Waals surface area contributed by atoms with Crippen LogP contribution in [0.25, 0.3) is 22.2 Å². The van der Waals surface area contributed by atoms with E-state index in [4.69, 9.17) is 5.73 Å². The molecule has 0 bridgehead atoms. The summed E-state index contributed by atoms with van der Waals surface area (Å²) in [5.41, 5.74) is 9.50. The Morgan fingerprint density at radius 2 is 1.94 bits per heavy atom. The van der Waals surface area contributed by atoms with Crippen molar-refractivity contribution in [3.8, 4) is 11.3 Å². The van der Waals surface area contributed by atoms with Gasteiger partial charge in [-0.3, -0.25) is 5.10 Å². The first-order valence-electron chi connectivity index (χ1n) is 5.24. The van der Waals surface area contributed by atoms with Crippen LogP contribution in [0.3, 0.4) is 0 Å². The average Bonchev–Trinajstić information content (AvgIpc) is 2.74. The minimum Gasteiger partial charge on any atom is -0.397 e. The summed E-state index contributed by atoms with van der Waals surface area (Å²) in [5, 5.41) is 8.37. The summed E-state index contributed by atoms with van der Waals surface area (Å²) < 4.78 is 1.04. The van der Waals surface area contributed by atoms with Gasteiger partial charge < -0.3 is 5.73 Å². The Balaban J connectivity index is 2.28. The number of fused-ring (bicyclic) bond motifs is 1. The van der Waals surface area contributed by atoms with Gasteiger partial charge in [-0.05, 0) is 18.2 Å². The number of rotatable bonds is 1. The normalized spacial score (nSPS) is 10.9. The Kier molecular flexibility index (Phi) is 2.37. The zero-order valence-electron chi connectivity index (χ0n) is 8.94. The molecule has 0 saturated heterocycles. The van der Waals surface area contributed by atoms with Gasteiger partial charge in [0.15, 0.2) is 0 Å². The van der Waals surface area contributed by atoms with E-state index in [1.165, 1.54) is 0 Å². The van der Waals surface area contributed by atoms with Gasteiger partial charge in [0.05, 0.1) is 11.2 Å². The Morgan fingerprint density at radius 3 is 2.76 bits per heavy atom. The summed E-state index contributed by atoms with van der Waals surface area (Å²) >= 11 is 3.46. The van der Waals surface area contributed by atoms with Crippen molar-refractivity contribution in [2.45, 2.75) is 0 Å². The van der Waals surface area contributed by atoms with Gasteiger partial charge in [0.2, 0.25) is 0 Å². The third kappa shape index (κ3) is 1.70. The summed E-state index contributed by atoms with van der Waals surface area (Å²) in [4.78, 5) is 0. The molecule has 0 atom stereocenters. The molecule has 0 radical (unpaired) electrons. The van der Waals surface area contributed by atoms with E-state index in [-0.39, 0.29) is 0 Å². The molecule has 0 aliphatic rings. The summed E-state index contributed by atoms with van der Waals surface area (Å²) in [6.07, 6.45) is 0. The molecule has 84 valence electrons. The standard InChI is InChI=1S/C13H10BrN3/c14-9-4-1-3-8(7-9)12-10-5-2-6-11(15)13(10)17-16-12/h1-7H,15H2,(H,16,17). The van der Waals surface area contributed by atoms with Crippen LogP contribution < -0.4 is 5.73 Å². The molecule has 0 amide bonds. The molecule has 3 N–H and O–H groups in total. The van der Waals surface area contributed by atoms with Crippen molar-refractivity contribution in [3.63, 3.8) is 0 Å². The number of nitrogens with zero attached hydrogens (tertiary/aromatic N) is 1. The van der Waals surface area contributed by atoms with Crippen LogP contribution in [0, 0.1) is 0 Å². The van der Waals surface area contributed by atoms with Gasteiger partial charge in [0, 0.05) is 15.4 Å². The molecule has 3 rings (SSSR count). The van der Waals surface area contributed by atoms with Crippen molar-refractivity contribution in [2.75, 3.05) is 5.73 Å². The van der Waals surface area contributed by atoms with Gasteiger partial charge in [-0.1, -0.05) is 40.2 Å². The quantitative estimate of drug-likeness (QED) is 0.672. The number of H-pyrrole nitrogens is 1. The van der Waals surface area contributed by atoms with E-state index >= 15 is 0 Å². The first kappa shape index (κ1) is 10.4. The van der Waals surface area contributed by atoms with E-state index in [9.17, 15) is 0 Å². The molecule has 3 aromatic rings. The third-order valence-electron chi connectivity index (χ3n) is 2.73. The van der Waals surface area contributed by atoms with Gasteiger partial charge in [-0.15, -0.1) is 0 Å². The molecule has 0 unspecified atom stereocenters. The fraction of sp³-hybridized carbons (Fsp3) is 0. The van der Waals surface area contributed by atoms with E-state index in [1.807, 2.05) is 42.5 Å². The van der Waals surface area contributed by atoms with Crippen LogP contribution in [0.1, 0.15) is 0 Å². The average molecular weight is 288 g/mol. The number of nitrogen functional groups attached to an aromatic ring is 1. The van der Waals surface area contributed by atoms with E-state index < -0.39 is 0 Å². The number of aromatic amines is 1. The number of aromatic nitrogens is 2. The SMILES string of the molecule is Nc1cccc2c(-c3cccc(Br)c3)n[nH]c12. The molecular weight excluding hydrogens is 278 g/mol. The fourth-order valence-electron chi connectivity index (χ4n) is 1.92. The molecule has 17 heavy (non-hydrogen) atoms. The maximum Gasteiger partial charge on any atom is 0.100 e. The van der Waals surface area contributed by atoms with Crippen molar-refractivity contribution < 1.29 is 0 Å². The zero-order chi connectivity index (χ0) is 11.8. The van der Waals surface area contributed by atoms with Crippen molar-refractivity contribution in [2.24, 2.45) is 0 Å². The predicted molar refractivity (Wildman–Crippen MR) is 73.6 cm³/mol. The monoisotopic (exact) mass is 287 g/mol. The molecule has 2 aromatic carbocycles. The number of benzene rings is 2. The highest BCUT2D eigenvalue weighted by Gasteiger charge is 2.09. The Bertz CT molecular complexity index is 688. The van der Waals surface area contributed by atoms with Crippen molar-refractivity contribution in [1.29, 1.82) is 0 Å². The molecule has 1 heterocycles. The van der Waals surface area contributed by atoms with Crippen molar-refractivity contribution >= 4 is 32.5 Å². The molecule has 4 heteroatoms. The van der Waals surface area contributed by atoms with Gasteiger partial charge in [-0.2, -0.15) is 5.10 Å². The topological polar surface area (TPSA) is 54.7 Å². The molecule has 0 saturated carbocycles. The summed E-state index contributed by atoms with van der Waals surface area (Å²) in [6.45, 7) is 0. The lowest BCUT2D eigenvalue weighted by molar-refractivity contribution is 1.12. The van der Waals surface area contributed by atoms with Crippen LogP contribution in [0.4, 0.5) is 5.69 Å². The molecule has 1 aromatic heterocycles. The summed E-state index contributed by atoms with van der Waals surface area (Å²) in [7, 11) is 0. The summed E-state index contributed by atoms with van der Waals surface area (Å²) in [6, 6.07) is 13.9. The van der Waals surface area contributed by atoms with Gasteiger partial charge in [-0.25, -0.2) is 0 Å². The highest BCUT2D eigenvalue weighted by atomic mass is 79.9. The largest absolute Gasteiger partial charge is 0.397 e. The number of hydrogen-bond acceptors (Lipinski definition) is 2. The van der Waals surface area contributed by atoms with E-state index in [0.29, 0.717) is 0 Å². The number of nitrogens with two attached hydrogens (primary N) is 1. The summed E-state index contributed by atoms with van der Waals surface area (Å²) in [5.74, 6) is 0. The van der Waals surface area contributed by atoms with Crippen LogP contribution in [0.2, 0.25) is 0 Å². The predicted octanol–water partition coefficient (Wildman–Crippen LogP) is 3.57. The smallest absolute Gasteiger partial charge is 0.100 e. The second-order valence-corrected chi connectivity index (χ2v) is 4.77.